The molecule has 0 atom stereocenters. The lowest BCUT2D eigenvalue weighted by Gasteiger charge is -2.14. The van der Waals surface area contributed by atoms with Gasteiger partial charge in [0.15, 0.2) is 0 Å². The normalized spacial score (nSPS) is 9.55. The lowest BCUT2D eigenvalue weighted by atomic mass is 10.0. The summed E-state index contributed by atoms with van der Waals surface area (Å²) in [5.41, 5.74) is 0.425. The Labute approximate surface area is 207 Å². The molecule has 2 rings (SSSR count). The number of benzene rings is 2. The maximum Gasteiger partial charge on any atom is 0.404 e. The molecule has 0 aromatic heterocycles. The maximum absolute atomic E-state index is 10.0. The fourth-order valence-electron chi connectivity index (χ4n) is 1.77. The molecule has 14 heteroatoms. The molecule has 0 unspecified atom stereocenters. The number of rotatable bonds is 2. The van der Waals surface area contributed by atoms with E-state index < -0.39 is 12.2 Å². The molecule has 8 nitrogen and oxygen atoms in total. The molecule has 0 saturated heterocycles. The third kappa shape index (κ3) is 9.14. The fraction of sp³-hybridized carbons (Fsp3) is 0.176. The van der Waals surface area contributed by atoms with Crippen molar-refractivity contribution >= 4 is 81.8 Å². The van der Waals surface area contributed by atoms with Crippen LogP contribution in [0.4, 0.5) is 9.59 Å². The quantitative estimate of drug-likeness (QED) is 0.237. The van der Waals surface area contributed by atoms with Gasteiger partial charge < -0.3 is 31.1 Å². The molecule has 0 spiro atoms. The second kappa shape index (κ2) is 13.7. The Morgan fingerprint density at radius 3 is 1.19 bits per heavy atom. The zero-order valence-corrected chi connectivity index (χ0v) is 20.3. The largest absolute Gasteiger partial charge is 0.506 e. The molecule has 0 radical (unpaired) electrons. The molecule has 172 valence electrons. The van der Waals surface area contributed by atoms with Crippen LogP contribution < -0.4 is 10.6 Å². The van der Waals surface area contributed by atoms with Crippen LogP contribution >= 0.6 is 69.6 Å². The van der Waals surface area contributed by atoms with Gasteiger partial charge in [-0.1, -0.05) is 69.6 Å². The Bertz CT molecular complexity index is 830. The van der Waals surface area contributed by atoms with E-state index in [9.17, 15) is 19.8 Å². The highest BCUT2D eigenvalue weighted by atomic mass is 35.5. The Kier molecular flexibility index (Phi) is 12.9. The van der Waals surface area contributed by atoms with Gasteiger partial charge in [-0.25, -0.2) is 9.59 Å². The zero-order chi connectivity index (χ0) is 24.5. The Balaban J connectivity index is 0.000000752. The van der Waals surface area contributed by atoms with Crippen LogP contribution in [-0.4, -0.2) is 46.7 Å². The Morgan fingerprint density at radius 1 is 0.710 bits per heavy atom. The van der Waals surface area contributed by atoms with Crippen molar-refractivity contribution in [3.63, 3.8) is 0 Å². The summed E-state index contributed by atoms with van der Waals surface area (Å²) < 4.78 is 0. The second-order valence-electron chi connectivity index (χ2n) is 5.25. The second-order valence-corrected chi connectivity index (χ2v) is 7.63. The minimum atomic E-state index is -0.995. The van der Waals surface area contributed by atoms with Gasteiger partial charge in [0.25, 0.3) is 0 Å². The highest BCUT2D eigenvalue weighted by molar-refractivity contribution is 6.45. The summed E-state index contributed by atoms with van der Waals surface area (Å²) >= 11 is 35.7. The van der Waals surface area contributed by atoms with Crippen LogP contribution in [0, 0.1) is 0 Å². The van der Waals surface area contributed by atoms with Gasteiger partial charge in [-0.15, -0.1) is 0 Å². The third-order valence-electron chi connectivity index (χ3n) is 3.26. The summed E-state index contributed by atoms with van der Waals surface area (Å²) in [5.74, 6) is -0.504. The lowest BCUT2D eigenvalue weighted by molar-refractivity contribution is 0.196. The van der Waals surface area contributed by atoms with Crippen LogP contribution in [0.2, 0.25) is 30.1 Å². The average molecular weight is 557 g/mol. The standard InChI is InChI=1S/C13H6Cl6O2.2C2H5NO2/c14-6-2-8(16)12(20)4(10(6)18)1-5-11(19)7(15)3-9(17)13(5)21;2*1-3-2(4)5/h2-3,20-21H,1H2;2*3H,1H3,(H,4,5). The summed E-state index contributed by atoms with van der Waals surface area (Å²) in [6.07, 6.45) is -2.04. The molecule has 2 aromatic carbocycles. The molecule has 2 aromatic rings. The number of phenols is 2. The van der Waals surface area contributed by atoms with Crippen molar-refractivity contribution in [3.05, 3.63) is 53.4 Å². The van der Waals surface area contributed by atoms with Crippen molar-refractivity contribution < 1.29 is 30.0 Å². The van der Waals surface area contributed by atoms with Gasteiger partial charge in [0.1, 0.15) is 11.5 Å². The van der Waals surface area contributed by atoms with Crippen molar-refractivity contribution in [2.24, 2.45) is 0 Å². The predicted molar refractivity (Wildman–Crippen MR) is 123 cm³/mol. The molecule has 31 heavy (non-hydrogen) atoms. The average Bonchev–Trinajstić information content (AvgIpc) is 2.71. The molecular weight excluding hydrogens is 541 g/mol. The molecule has 6 N–H and O–H groups in total. The molecule has 0 aliphatic carbocycles. The smallest absolute Gasteiger partial charge is 0.404 e. The summed E-state index contributed by atoms with van der Waals surface area (Å²) in [6, 6.07) is 2.63. The summed E-state index contributed by atoms with van der Waals surface area (Å²) in [7, 11) is 2.70. The van der Waals surface area contributed by atoms with Crippen LogP contribution in [0.1, 0.15) is 11.1 Å². The molecule has 0 bridgehead atoms. The number of amides is 2. The fourth-order valence-corrected chi connectivity index (χ4v) is 3.20. The van der Waals surface area contributed by atoms with Gasteiger partial charge in [-0.3, -0.25) is 0 Å². The van der Waals surface area contributed by atoms with E-state index >= 15 is 0 Å². The minimum absolute atomic E-state index is 0.0307. The van der Waals surface area contributed by atoms with E-state index in [2.05, 4.69) is 0 Å². The third-order valence-corrected chi connectivity index (χ3v) is 5.49. The van der Waals surface area contributed by atoms with Crippen LogP contribution in [0.3, 0.4) is 0 Å². The highest BCUT2D eigenvalue weighted by Gasteiger charge is 2.21. The van der Waals surface area contributed by atoms with Crippen LogP contribution in [0.15, 0.2) is 12.1 Å². The van der Waals surface area contributed by atoms with Gasteiger partial charge in [0, 0.05) is 31.6 Å². The molecule has 0 saturated carbocycles. The number of hydrogen-bond donors (Lipinski definition) is 6. The molecule has 0 aliphatic heterocycles. The van der Waals surface area contributed by atoms with Gasteiger partial charge in [0.05, 0.1) is 30.1 Å². The van der Waals surface area contributed by atoms with Gasteiger partial charge in [-0.05, 0) is 12.1 Å². The van der Waals surface area contributed by atoms with E-state index in [0.29, 0.717) is 0 Å². The number of halogens is 6. The van der Waals surface area contributed by atoms with Crippen molar-refractivity contribution in [1.29, 1.82) is 0 Å². The van der Waals surface area contributed by atoms with Crippen molar-refractivity contribution in [2.45, 2.75) is 6.42 Å². The number of nitrogens with one attached hydrogen (secondary N) is 2. The number of hydrogen-bond acceptors (Lipinski definition) is 4. The van der Waals surface area contributed by atoms with Crippen LogP contribution in [0.25, 0.3) is 0 Å². The first-order valence-corrected chi connectivity index (χ1v) is 10.1. The number of phenolic OH excluding ortho intramolecular Hbond substituents is 2. The minimum Gasteiger partial charge on any atom is -0.506 e. The zero-order valence-electron chi connectivity index (χ0n) is 15.7. The summed E-state index contributed by atoms with van der Waals surface area (Å²) in [6.45, 7) is 0. The molecule has 0 aliphatic rings. The van der Waals surface area contributed by atoms with E-state index in [1.165, 1.54) is 26.2 Å². The Hall–Kier alpha value is -1.68. The number of aromatic hydroxyl groups is 2. The van der Waals surface area contributed by atoms with Crippen molar-refractivity contribution in [1.82, 2.24) is 10.6 Å². The summed E-state index contributed by atoms with van der Waals surface area (Å²) in [5, 5.41) is 39.7. The first kappa shape index (κ1) is 29.3. The topological polar surface area (TPSA) is 139 Å². The number of carboxylic acid groups (broad SMARTS) is 2. The molecule has 0 heterocycles. The molecule has 2 amide bonds. The lowest BCUT2D eigenvalue weighted by Crippen LogP contribution is -2.13. The molecular formula is C17H16Cl6N2O6. The van der Waals surface area contributed by atoms with E-state index in [4.69, 9.17) is 79.8 Å². The van der Waals surface area contributed by atoms with Crippen LogP contribution in [0.5, 0.6) is 11.5 Å². The first-order chi connectivity index (χ1) is 14.3. The van der Waals surface area contributed by atoms with E-state index in [1.807, 2.05) is 10.6 Å². The van der Waals surface area contributed by atoms with E-state index in [1.54, 1.807) is 0 Å². The predicted octanol–water partition coefficient (Wildman–Crippen LogP) is 6.38. The summed E-state index contributed by atoms with van der Waals surface area (Å²) in [4.78, 5) is 18.5. The number of carbonyl (C=O) groups is 2. The van der Waals surface area contributed by atoms with E-state index in [-0.39, 0.29) is 59.2 Å². The SMILES string of the molecule is CNC(=O)O.CNC(=O)O.Oc1c(Cl)cc(Cl)c(Cl)c1Cc1c(O)c(Cl)cc(Cl)c1Cl. The highest BCUT2D eigenvalue weighted by Crippen LogP contribution is 2.44. The van der Waals surface area contributed by atoms with E-state index in [0.717, 1.165) is 0 Å². The maximum atomic E-state index is 10.0. The van der Waals surface area contributed by atoms with Gasteiger partial charge >= 0.3 is 12.2 Å². The van der Waals surface area contributed by atoms with Crippen molar-refractivity contribution in [2.75, 3.05) is 14.1 Å². The molecule has 0 fully saturated rings. The Morgan fingerprint density at radius 2 is 0.968 bits per heavy atom. The van der Waals surface area contributed by atoms with Crippen molar-refractivity contribution in [3.8, 4) is 11.5 Å². The van der Waals surface area contributed by atoms with Gasteiger partial charge in [0.2, 0.25) is 0 Å². The van der Waals surface area contributed by atoms with Gasteiger partial charge in [-0.2, -0.15) is 0 Å². The monoisotopic (exact) mass is 554 g/mol. The van der Waals surface area contributed by atoms with Crippen LogP contribution in [-0.2, 0) is 6.42 Å². The first-order valence-electron chi connectivity index (χ1n) is 7.80.